The van der Waals surface area contributed by atoms with Crippen molar-refractivity contribution in [3.8, 4) is 0 Å². The second-order valence-corrected chi connectivity index (χ2v) is 8.82. The molecule has 1 aliphatic rings. The van der Waals surface area contributed by atoms with Crippen molar-refractivity contribution in [2.45, 2.75) is 43.4 Å². The van der Waals surface area contributed by atoms with Gasteiger partial charge in [0.05, 0.1) is 0 Å². The first-order chi connectivity index (χ1) is 9.89. The Labute approximate surface area is 130 Å². The molecule has 2 heterocycles. The van der Waals surface area contributed by atoms with Crippen molar-refractivity contribution in [2.75, 3.05) is 13.1 Å². The van der Waals surface area contributed by atoms with Gasteiger partial charge in [0.25, 0.3) is 10.0 Å². The molecule has 1 amide bonds. The van der Waals surface area contributed by atoms with E-state index in [0.717, 1.165) is 12.8 Å². The van der Waals surface area contributed by atoms with Gasteiger partial charge in [0.1, 0.15) is 4.21 Å². The average molecular weight is 330 g/mol. The zero-order valence-corrected chi connectivity index (χ0v) is 14.0. The van der Waals surface area contributed by atoms with Crippen LogP contribution in [0.4, 0.5) is 0 Å². The Morgan fingerprint density at radius 3 is 2.62 bits per heavy atom. The minimum absolute atomic E-state index is 0.0598. The lowest BCUT2D eigenvalue weighted by atomic mass is 9.94. The summed E-state index contributed by atoms with van der Waals surface area (Å²) in [7, 11) is -3.34. The molecule has 0 aliphatic carbocycles. The van der Waals surface area contributed by atoms with Gasteiger partial charge in [-0.1, -0.05) is 6.07 Å². The third kappa shape index (κ3) is 4.28. The number of hydrogen-bond donors (Lipinski definition) is 1. The Morgan fingerprint density at radius 2 is 2.10 bits per heavy atom. The smallest absolute Gasteiger partial charge is 0.252 e. The molecule has 0 aromatic carbocycles. The Hall–Kier alpha value is -0.920. The highest BCUT2D eigenvalue weighted by atomic mass is 32.2. The molecule has 1 N–H and O–H groups in total. The van der Waals surface area contributed by atoms with E-state index >= 15 is 0 Å². The summed E-state index contributed by atoms with van der Waals surface area (Å²) >= 11 is 1.25. The first kappa shape index (κ1) is 16.5. The van der Waals surface area contributed by atoms with Crippen LogP contribution in [-0.4, -0.2) is 37.8 Å². The van der Waals surface area contributed by atoms with Crippen LogP contribution in [0.2, 0.25) is 0 Å². The van der Waals surface area contributed by atoms with E-state index in [0.29, 0.717) is 23.7 Å². The summed E-state index contributed by atoms with van der Waals surface area (Å²) in [6.07, 6.45) is 1.98. The summed E-state index contributed by atoms with van der Waals surface area (Å²) in [5.41, 5.74) is 0. The molecule has 0 spiro atoms. The summed E-state index contributed by atoms with van der Waals surface area (Å²) in [6, 6.07) is 3.54. The largest absolute Gasteiger partial charge is 0.354 e. The summed E-state index contributed by atoms with van der Waals surface area (Å²) < 4.78 is 26.7. The number of piperidine rings is 1. The average Bonchev–Trinajstić information content (AvgIpc) is 2.92. The number of carbonyl (C=O) groups is 1. The SMILES string of the molecule is CC(C)NC(=O)CC1CCN(S(=O)(=O)c2cccs2)CC1. The molecule has 5 nitrogen and oxygen atoms in total. The predicted octanol–water partition coefficient (Wildman–Crippen LogP) is 2.06. The van der Waals surface area contributed by atoms with Crippen LogP contribution >= 0.6 is 11.3 Å². The molecule has 0 unspecified atom stereocenters. The highest BCUT2D eigenvalue weighted by Crippen LogP contribution is 2.27. The Morgan fingerprint density at radius 1 is 1.43 bits per heavy atom. The maximum atomic E-state index is 12.4. The molecule has 1 aromatic rings. The zero-order chi connectivity index (χ0) is 15.5. The van der Waals surface area contributed by atoms with E-state index < -0.39 is 10.0 Å². The van der Waals surface area contributed by atoms with Gasteiger partial charge in [-0.3, -0.25) is 4.79 Å². The number of rotatable bonds is 5. The van der Waals surface area contributed by atoms with Crippen molar-refractivity contribution in [1.29, 1.82) is 0 Å². The van der Waals surface area contributed by atoms with E-state index in [-0.39, 0.29) is 17.9 Å². The van der Waals surface area contributed by atoms with Gasteiger partial charge in [-0.2, -0.15) is 4.31 Å². The van der Waals surface area contributed by atoms with Gasteiger partial charge in [-0.15, -0.1) is 11.3 Å². The standard InChI is InChI=1S/C14H22N2O3S2/c1-11(2)15-13(17)10-12-5-7-16(8-6-12)21(18,19)14-4-3-9-20-14/h3-4,9,11-12H,5-8,10H2,1-2H3,(H,15,17). The van der Waals surface area contributed by atoms with Crippen molar-refractivity contribution >= 4 is 27.3 Å². The molecule has 0 bridgehead atoms. The van der Waals surface area contributed by atoms with Gasteiger partial charge >= 0.3 is 0 Å². The van der Waals surface area contributed by atoms with Crippen LogP contribution in [-0.2, 0) is 14.8 Å². The van der Waals surface area contributed by atoms with Crippen LogP contribution in [0, 0.1) is 5.92 Å². The first-order valence-corrected chi connectivity index (χ1v) is 9.54. The van der Waals surface area contributed by atoms with Gasteiger partial charge in [0, 0.05) is 25.6 Å². The molecule has 1 fully saturated rings. The number of amides is 1. The second kappa shape index (κ2) is 6.89. The number of hydrogen-bond acceptors (Lipinski definition) is 4. The molecule has 1 aliphatic heterocycles. The molecule has 1 aromatic heterocycles. The monoisotopic (exact) mass is 330 g/mol. The minimum atomic E-state index is -3.34. The first-order valence-electron chi connectivity index (χ1n) is 7.22. The predicted molar refractivity (Wildman–Crippen MR) is 83.7 cm³/mol. The fourth-order valence-corrected chi connectivity index (χ4v) is 5.15. The van der Waals surface area contributed by atoms with Crippen LogP contribution in [0.3, 0.4) is 0 Å². The summed E-state index contributed by atoms with van der Waals surface area (Å²) in [4.78, 5) is 11.7. The van der Waals surface area contributed by atoms with E-state index in [1.165, 1.54) is 15.6 Å². The van der Waals surface area contributed by atoms with E-state index in [9.17, 15) is 13.2 Å². The fourth-order valence-electron chi connectivity index (χ4n) is 2.53. The van der Waals surface area contributed by atoms with Crippen LogP contribution in [0.25, 0.3) is 0 Å². The second-order valence-electron chi connectivity index (χ2n) is 5.71. The molecule has 1 saturated heterocycles. The molecule has 7 heteroatoms. The van der Waals surface area contributed by atoms with Crippen molar-refractivity contribution in [2.24, 2.45) is 5.92 Å². The lowest BCUT2D eigenvalue weighted by Crippen LogP contribution is -2.40. The van der Waals surface area contributed by atoms with Gasteiger partial charge in [0.15, 0.2) is 0 Å². The van der Waals surface area contributed by atoms with Gasteiger partial charge < -0.3 is 5.32 Å². The highest BCUT2D eigenvalue weighted by molar-refractivity contribution is 7.91. The van der Waals surface area contributed by atoms with Crippen molar-refractivity contribution in [3.63, 3.8) is 0 Å². The molecular weight excluding hydrogens is 308 g/mol. The number of sulfonamides is 1. The lowest BCUT2D eigenvalue weighted by molar-refractivity contribution is -0.122. The number of nitrogens with zero attached hydrogens (tertiary/aromatic N) is 1. The molecular formula is C14H22N2O3S2. The highest BCUT2D eigenvalue weighted by Gasteiger charge is 2.30. The Kier molecular flexibility index (Phi) is 5.40. The maximum Gasteiger partial charge on any atom is 0.252 e. The Bertz CT molecular complexity index is 559. The van der Waals surface area contributed by atoms with Crippen LogP contribution in [0.15, 0.2) is 21.7 Å². The number of thiophene rings is 1. The topological polar surface area (TPSA) is 66.5 Å². The maximum absolute atomic E-state index is 12.4. The van der Waals surface area contributed by atoms with Crippen molar-refractivity contribution < 1.29 is 13.2 Å². The van der Waals surface area contributed by atoms with Crippen LogP contribution in [0.1, 0.15) is 33.1 Å². The number of carbonyl (C=O) groups excluding carboxylic acids is 1. The zero-order valence-electron chi connectivity index (χ0n) is 12.4. The minimum Gasteiger partial charge on any atom is -0.354 e. The fraction of sp³-hybridized carbons (Fsp3) is 0.643. The summed E-state index contributed by atoms with van der Waals surface area (Å²) in [5.74, 6) is 0.336. The van der Waals surface area contributed by atoms with E-state index in [1.54, 1.807) is 17.5 Å². The van der Waals surface area contributed by atoms with Crippen molar-refractivity contribution in [3.05, 3.63) is 17.5 Å². The van der Waals surface area contributed by atoms with E-state index in [4.69, 9.17) is 0 Å². The molecule has 0 saturated carbocycles. The third-order valence-corrected chi connectivity index (χ3v) is 6.86. The summed E-state index contributed by atoms with van der Waals surface area (Å²) in [6.45, 7) is 4.88. The molecule has 2 rings (SSSR count). The quantitative estimate of drug-likeness (QED) is 0.899. The molecule has 21 heavy (non-hydrogen) atoms. The molecule has 0 atom stereocenters. The van der Waals surface area contributed by atoms with Gasteiger partial charge in [0.2, 0.25) is 5.91 Å². The van der Waals surface area contributed by atoms with Gasteiger partial charge in [-0.25, -0.2) is 8.42 Å². The molecule has 118 valence electrons. The van der Waals surface area contributed by atoms with Crippen LogP contribution in [0.5, 0.6) is 0 Å². The summed E-state index contributed by atoms with van der Waals surface area (Å²) in [5, 5.41) is 4.66. The number of nitrogens with one attached hydrogen (secondary N) is 1. The van der Waals surface area contributed by atoms with E-state index in [2.05, 4.69) is 5.32 Å². The van der Waals surface area contributed by atoms with Crippen LogP contribution < -0.4 is 5.32 Å². The lowest BCUT2D eigenvalue weighted by Gasteiger charge is -2.30. The third-order valence-electron chi connectivity index (χ3n) is 3.59. The normalized spacial score (nSPS) is 18.0. The van der Waals surface area contributed by atoms with Gasteiger partial charge in [-0.05, 0) is 44.1 Å². The van der Waals surface area contributed by atoms with Crippen molar-refractivity contribution in [1.82, 2.24) is 9.62 Å². The Balaban J connectivity index is 1.88. The molecule has 0 radical (unpaired) electrons. The van der Waals surface area contributed by atoms with E-state index in [1.807, 2.05) is 13.8 Å².